The molecule has 2 aromatic carbocycles. The van der Waals surface area contributed by atoms with E-state index in [1.807, 2.05) is 42.6 Å². The maximum absolute atomic E-state index is 5.36. The number of methoxy groups -OCH3 is 1. The van der Waals surface area contributed by atoms with Crippen molar-refractivity contribution in [2.24, 2.45) is 0 Å². The molecule has 1 heterocycles. The van der Waals surface area contributed by atoms with E-state index in [0.29, 0.717) is 0 Å². The normalized spacial score (nSPS) is 10.5. The van der Waals surface area contributed by atoms with Crippen molar-refractivity contribution in [2.75, 3.05) is 7.11 Å². The zero-order valence-electron chi connectivity index (χ0n) is 10.1. The molecule has 1 aromatic heterocycles. The van der Waals surface area contributed by atoms with E-state index >= 15 is 0 Å². The maximum atomic E-state index is 5.36. The van der Waals surface area contributed by atoms with Gasteiger partial charge in [-0.1, -0.05) is 42.5 Å². The van der Waals surface area contributed by atoms with Gasteiger partial charge in [0, 0.05) is 11.6 Å². The van der Waals surface area contributed by atoms with Gasteiger partial charge in [0.1, 0.15) is 11.3 Å². The first-order valence-electron chi connectivity index (χ1n) is 5.87. The highest BCUT2D eigenvalue weighted by Crippen LogP contribution is 2.31. The number of benzene rings is 2. The van der Waals surface area contributed by atoms with E-state index in [1.165, 1.54) is 11.1 Å². The summed E-state index contributed by atoms with van der Waals surface area (Å²) in [4.78, 5) is 4.41. The van der Waals surface area contributed by atoms with Crippen LogP contribution in [0.5, 0.6) is 5.75 Å². The van der Waals surface area contributed by atoms with E-state index in [1.54, 1.807) is 7.11 Å². The summed E-state index contributed by atoms with van der Waals surface area (Å²) in [5, 5.41) is 1.11. The number of fused-ring (bicyclic) bond motifs is 1. The largest absolute Gasteiger partial charge is 0.494 e. The Hall–Kier alpha value is -2.35. The molecule has 0 spiro atoms. The molecule has 0 saturated carbocycles. The monoisotopic (exact) mass is 235 g/mol. The molecule has 0 atom stereocenters. The van der Waals surface area contributed by atoms with Crippen LogP contribution in [0.4, 0.5) is 0 Å². The minimum Gasteiger partial charge on any atom is -0.494 e. The highest BCUT2D eigenvalue weighted by Gasteiger charge is 2.07. The first kappa shape index (κ1) is 10.8. The number of hydrogen-bond acceptors (Lipinski definition) is 2. The second-order valence-corrected chi connectivity index (χ2v) is 4.08. The summed E-state index contributed by atoms with van der Waals surface area (Å²) in [5.41, 5.74) is 3.28. The van der Waals surface area contributed by atoms with Crippen LogP contribution in [0.2, 0.25) is 0 Å². The van der Waals surface area contributed by atoms with Crippen LogP contribution in [0.1, 0.15) is 0 Å². The molecule has 0 aliphatic carbocycles. The predicted molar refractivity (Wildman–Crippen MR) is 73.7 cm³/mol. The third-order valence-corrected chi connectivity index (χ3v) is 3.04. The number of aromatic nitrogens is 1. The fourth-order valence-electron chi connectivity index (χ4n) is 2.18. The van der Waals surface area contributed by atoms with Gasteiger partial charge in [0.25, 0.3) is 0 Å². The summed E-state index contributed by atoms with van der Waals surface area (Å²) in [6, 6.07) is 18.4. The topological polar surface area (TPSA) is 22.1 Å². The molecular weight excluding hydrogens is 222 g/mol. The Kier molecular flexibility index (Phi) is 2.69. The molecule has 2 nitrogen and oxygen atoms in total. The minimum atomic E-state index is 0.810. The van der Waals surface area contributed by atoms with Gasteiger partial charge >= 0.3 is 0 Å². The Bertz CT molecular complexity index is 677. The van der Waals surface area contributed by atoms with Gasteiger partial charge < -0.3 is 4.74 Å². The molecule has 0 saturated heterocycles. The minimum absolute atomic E-state index is 0.810. The number of hydrogen-bond donors (Lipinski definition) is 0. The van der Waals surface area contributed by atoms with Gasteiger partial charge in [-0.05, 0) is 23.3 Å². The van der Waals surface area contributed by atoms with Gasteiger partial charge in [0.2, 0.25) is 0 Å². The average Bonchev–Trinajstić information content (AvgIpc) is 2.47. The number of ether oxygens (including phenoxy) is 1. The number of pyridine rings is 1. The average molecular weight is 235 g/mol. The molecule has 0 aliphatic rings. The lowest BCUT2D eigenvalue weighted by Gasteiger charge is -2.08. The Balaban J connectivity index is 2.32. The second kappa shape index (κ2) is 4.49. The van der Waals surface area contributed by atoms with E-state index in [2.05, 4.69) is 23.2 Å². The molecule has 0 bridgehead atoms. The van der Waals surface area contributed by atoms with Crippen LogP contribution < -0.4 is 4.74 Å². The molecule has 2 heteroatoms. The van der Waals surface area contributed by atoms with E-state index in [4.69, 9.17) is 4.74 Å². The van der Waals surface area contributed by atoms with Gasteiger partial charge in [-0.2, -0.15) is 0 Å². The van der Waals surface area contributed by atoms with Crippen LogP contribution in [0, 0.1) is 0 Å². The predicted octanol–water partition coefficient (Wildman–Crippen LogP) is 3.91. The van der Waals surface area contributed by atoms with E-state index in [-0.39, 0.29) is 0 Å². The highest BCUT2D eigenvalue weighted by atomic mass is 16.5. The van der Waals surface area contributed by atoms with Crippen LogP contribution in [-0.2, 0) is 0 Å². The van der Waals surface area contributed by atoms with Crippen molar-refractivity contribution in [2.45, 2.75) is 0 Å². The number of nitrogens with zero attached hydrogens (tertiary/aromatic N) is 1. The zero-order chi connectivity index (χ0) is 12.4. The molecule has 0 amide bonds. The summed E-state index contributed by atoms with van der Waals surface area (Å²) >= 11 is 0. The summed E-state index contributed by atoms with van der Waals surface area (Å²) < 4.78 is 5.36. The van der Waals surface area contributed by atoms with Gasteiger partial charge in [0.15, 0.2) is 0 Å². The first-order valence-corrected chi connectivity index (χ1v) is 5.87. The third-order valence-electron chi connectivity index (χ3n) is 3.04. The lowest BCUT2D eigenvalue weighted by molar-refractivity contribution is 0.419. The van der Waals surface area contributed by atoms with Crippen molar-refractivity contribution in [1.82, 2.24) is 4.98 Å². The van der Waals surface area contributed by atoms with Crippen molar-refractivity contribution in [3.05, 3.63) is 60.8 Å². The molecule has 0 aliphatic heterocycles. The van der Waals surface area contributed by atoms with Crippen molar-refractivity contribution in [3.63, 3.8) is 0 Å². The molecule has 3 rings (SSSR count). The van der Waals surface area contributed by atoms with E-state index in [9.17, 15) is 0 Å². The highest BCUT2D eigenvalue weighted by molar-refractivity contribution is 5.97. The molecule has 88 valence electrons. The molecule has 0 fully saturated rings. The molecule has 18 heavy (non-hydrogen) atoms. The third kappa shape index (κ3) is 1.72. The van der Waals surface area contributed by atoms with Gasteiger partial charge in [-0.3, -0.25) is 4.98 Å². The summed E-state index contributed by atoms with van der Waals surface area (Å²) in [5.74, 6) is 0.810. The number of rotatable bonds is 2. The lowest BCUT2D eigenvalue weighted by atomic mass is 10.0. The van der Waals surface area contributed by atoms with Crippen LogP contribution in [-0.4, -0.2) is 12.1 Å². The summed E-state index contributed by atoms with van der Waals surface area (Å²) in [6.07, 6.45) is 1.83. The Morgan fingerprint density at radius 2 is 1.72 bits per heavy atom. The van der Waals surface area contributed by atoms with Crippen LogP contribution in [0.3, 0.4) is 0 Å². The molecule has 3 aromatic rings. The quantitative estimate of drug-likeness (QED) is 0.671. The standard InChI is InChI=1S/C16H13NO/c1-18-15-9-5-8-14-13(10-11-17-16(14)15)12-6-3-2-4-7-12/h2-11H,1H3. The van der Waals surface area contributed by atoms with Crippen LogP contribution in [0.15, 0.2) is 60.8 Å². The van der Waals surface area contributed by atoms with Crippen molar-refractivity contribution in [1.29, 1.82) is 0 Å². The molecule has 0 unspecified atom stereocenters. The van der Waals surface area contributed by atoms with E-state index < -0.39 is 0 Å². The maximum Gasteiger partial charge on any atom is 0.145 e. The fourth-order valence-corrected chi connectivity index (χ4v) is 2.18. The fraction of sp³-hybridized carbons (Fsp3) is 0.0625. The van der Waals surface area contributed by atoms with Crippen molar-refractivity contribution in [3.8, 4) is 16.9 Å². The second-order valence-electron chi connectivity index (χ2n) is 4.08. The van der Waals surface area contributed by atoms with Gasteiger partial charge in [0.05, 0.1) is 7.11 Å². The smallest absolute Gasteiger partial charge is 0.145 e. The van der Waals surface area contributed by atoms with Gasteiger partial charge in [-0.15, -0.1) is 0 Å². The number of para-hydroxylation sites is 1. The van der Waals surface area contributed by atoms with Crippen LogP contribution in [0.25, 0.3) is 22.0 Å². The summed E-state index contributed by atoms with van der Waals surface area (Å²) in [7, 11) is 1.67. The molecule has 0 N–H and O–H groups in total. The van der Waals surface area contributed by atoms with Crippen molar-refractivity contribution < 1.29 is 4.74 Å². The Morgan fingerprint density at radius 1 is 0.889 bits per heavy atom. The van der Waals surface area contributed by atoms with Crippen molar-refractivity contribution >= 4 is 10.9 Å². The summed E-state index contributed by atoms with van der Waals surface area (Å²) in [6.45, 7) is 0. The Labute approximate surface area is 106 Å². The Morgan fingerprint density at radius 3 is 2.50 bits per heavy atom. The van der Waals surface area contributed by atoms with Crippen LogP contribution >= 0.6 is 0 Å². The zero-order valence-corrected chi connectivity index (χ0v) is 10.1. The van der Waals surface area contributed by atoms with Gasteiger partial charge in [-0.25, -0.2) is 0 Å². The lowest BCUT2D eigenvalue weighted by Crippen LogP contribution is -1.89. The molecular formula is C16H13NO. The molecule has 0 radical (unpaired) electrons. The van der Waals surface area contributed by atoms with E-state index in [0.717, 1.165) is 16.7 Å². The first-order chi connectivity index (χ1) is 8.90. The SMILES string of the molecule is COc1cccc2c(-c3ccccc3)ccnc12.